The summed E-state index contributed by atoms with van der Waals surface area (Å²) in [5.74, 6) is -1.59. The Kier molecular flexibility index (Phi) is 7.45. The number of carboxylic acid groups (broad SMARTS) is 1. The van der Waals surface area contributed by atoms with Gasteiger partial charge in [0.2, 0.25) is 0 Å². The summed E-state index contributed by atoms with van der Waals surface area (Å²) in [6, 6.07) is 14.9. The second-order valence-electron chi connectivity index (χ2n) is 8.51. The van der Waals surface area contributed by atoms with Gasteiger partial charge in [-0.1, -0.05) is 23.7 Å². The van der Waals surface area contributed by atoms with E-state index in [1.165, 1.54) is 18.2 Å². The fraction of sp³-hybridized carbons (Fsp3) is 0.185. The van der Waals surface area contributed by atoms with Crippen molar-refractivity contribution in [2.24, 2.45) is 0 Å². The fourth-order valence-corrected chi connectivity index (χ4v) is 4.06. The van der Waals surface area contributed by atoms with Crippen LogP contribution in [0.25, 0.3) is 10.9 Å². The van der Waals surface area contributed by atoms with E-state index in [-0.39, 0.29) is 18.7 Å². The minimum absolute atomic E-state index is 0.0311. The van der Waals surface area contributed by atoms with Gasteiger partial charge in [0, 0.05) is 28.9 Å². The molecule has 10 heteroatoms. The van der Waals surface area contributed by atoms with Crippen molar-refractivity contribution in [2.45, 2.75) is 32.5 Å². The van der Waals surface area contributed by atoms with E-state index >= 15 is 0 Å². The van der Waals surface area contributed by atoms with Gasteiger partial charge in [0.05, 0.1) is 5.56 Å². The van der Waals surface area contributed by atoms with Crippen LogP contribution in [-0.4, -0.2) is 22.0 Å². The molecule has 0 saturated carbocycles. The number of fused-ring (bicyclic) bond motifs is 1. The summed E-state index contributed by atoms with van der Waals surface area (Å²) in [6.07, 6.45) is -4.41. The first-order valence-corrected chi connectivity index (χ1v) is 11.6. The molecule has 0 aliphatic rings. The molecule has 6 nitrogen and oxygen atoms in total. The van der Waals surface area contributed by atoms with E-state index in [4.69, 9.17) is 21.4 Å². The number of nitrogens with one attached hydrogen (secondary N) is 2. The van der Waals surface area contributed by atoms with Crippen LogP contribution < -0.4 is 10.1 Å². The first-order chi connectivity index (χ1) is 17.5. The Morgan fingerprint density at radius 3 is 2.54 bits per heavy atom. The number of aromatic amines is 1. The van der Waals surface area contributed by atoms with Crippen LogP contribution in [0.15, 0.2) is 60.7 Å². The molecule has 0 atom stereocenters. The van der Waals surface area contributed by atoms with E-state index in [0.717, 1.165) is 22.5 Å². The molecule has 0 unspecified atom stereocenters. The maximum Gasteiger partial charge on any atom is 0.419 e. The molecule has 3 N–H and O–H groups in total. The molecule has 1 amide bonds. The van der Waals surface area contributed by atoms with Crippen molar-refractivity contribution in [1.82, 2.24) is 10.3 Å². The van der Waals surface area contributed by atoms with E-state index in [9.17, 15) is 22.8 Å². The molecule has 0 bridgehead atoms. The summed E-state index contributed by atoms with van der Waals surface area (Å²) in [6.45, 7) is 1.70. The minimum Gasteiger partial charge on any atom is -0.481 e. The number of aromatic nitrogens is 1. The van der Waals surface area contributed by atoms with Gasteiger partial charge >= 0.3 is 12.1 Å². The zero-order valence-electron chi connectivity index (χ0n) is 19.6. The highest BCUT2D eigenvalue weighted by Gasteiger charge is 2.34. The Morgan fingerprint density at radius 2 is 1.84 bits per heavy atom. The molecule has 4 rings (SSSR count). The van der Waals surface area contributed by atoms with Gasteiger partial charge in [-0.3, -0.25) is 9.59 Å². The predicted molar refractivity (Wildman–Crippen MR) is 133 cm³/mol. The molecule has 0 aliphatic carbocycles. The number of hydrogen-bond donors (Lipinski definition) is 3. The number of hydrogen-bond acceptors (Lipinski definition) is 3. The third-order valence-corrected chi connectivity index (χ3v) is 6.02. The molecule has 192 valence electrons. The number of carbonyl (C=O) groups excluding carboxylic acids is 1. The lowest BCUT2D eigenvalue weighted by atomic mass is 10.0. The quantitative estimate of drug-likeness (QED) is 0.231. The van der Waals surface area contributed by atoms with Crippen LogP contribution in [-0.2, 0) is 23.9 Å². The third-order valence-electron chi connectivity index (χ3n) is 5.78. The molecule has 3 aromatic carbocycles. The highest BCUT2D eigenvalue weighted by molar-refractivity contribution is 6.31. The maximum absolute atomic E-state index is 13.6. The Balaban J connectivity index is 1.52. The molecular weight excluding hydrogens is 509 g/mol. The molecule has 4 aromatic rings. The van der Waals surface area contributed by atoms with Crippen LogP contribution in [0.1, 0.15) is 39.2 Å². The zero-order valence-corrected chi connectivity index (χ0v) is 20.3. The number of rotatable bonds is 8. The third kappa shape index (κ3) is 6.42. The highest BCUT2D eigenvalue weighted by atomic mass is 35.5. The van der Waals surface area contributed by atoms with Crippen molar-refractivity contribution in [3.63, 3.8) is 0 Å². The largest absolute Gasteiger partial charge is 0.481 e. The van der Waals surface area contributed by atoms with Gasteiger partial charge < -0.3 is 20.1 Å². The van der Waals surface area contributed by atoms with Gasteiger partial charge in [-0.25, -0.2) is 0 Å². The van der Waals surface area contributed by atoms with Crippen molar-refractivity contribution in [1.29, 1.82) is 0 Å². The molecule has 1 heterocycles. The number of amides is 1. The Bertz CT molecular complexity index is 1480. The van der Waals surface area contributed by atoms with Crippen molar-refractivity contribution < 1.29 is 32.6 Å². The van der Waals surface area contributed by atoms with Crippen LogP contribution in [0.4, 0.5) is 13.2 Å². The topological polar surface area (TPSA) is 91.4 Å². The minimum atomic E-state index is -4.65. The smallest absolute Gasteiger partial charge is 0.419 e. The van der Waals surface area contributed by atoms with Gasteiger partial charge in [0.25, 0.3) is 5.91 Å². The second kappa shape index (κ2) is 10.6. The summed E-state index contributed by atoms with van der Waals surface area (Å²) < 4.78 is 46.6. The number of H-pyrrole nitrogens is 1. The number of carbonyl (C=O) groups is 2. The van der Waals surface area contributed by atoms with Gasteiger partial charge in [-0.15, -0.1) is 0 Å². The van der Waals surface area contributed by atoms with Crippen LogP contribution in [0.2, 0.25) is 5.02 Å². The monoisotopic (exact) mass is 530 g/mol. The van der Waals surface area contributed by atoms with Crippen molar-refractivity contribution in [3.05, 3.63) is 93.6 Å². The molecule has 0 saturated heterocycles. The number of carboxylic acids is 1. The summed E-state index contributed by atoms with van der Waals surface area (Å²) >= 11 is 5.98. The zero-order chi connectivity index (χ0) is 26.7. The Morgan fingerprint density at radius 1 is 1.05 bits per heavy atom. The number of aryl methyl sites for hydroxylation is 2. The maximum atomic E-state index is 13.6. The average molecular weight is 531 g/mol. The van der Waals surface area contributed by atoms with Crippen LogP contribution in [0, 0.1) is 6.92 Å². The van der Waals surface area contributed by atoms with E-state index in [1.54, 1.807) is 43.3 Å². The van der Waals surface area contributed by atoms with E-state index in [0.29, 0.717) is 28.3 Å². The summed E-state index contributed by atoms with van der Waals surface area (Å²) in [7, 11) is 0. The summed E-state index contributed by atoms with van der Waals surface area (Å²) in [5, 5.41) is 12.8. The van der Waals surface area contributed by atoms with E-state index in [1.807, 2.05) is 0 Å². The Labute approximate surface area is 215 Å². The van der Waals surface area contributed by atoms with Crippen molar-refractivity contribution in [2.75, 3.05) is 0 Å². The number of halogens is 4. The number of alkyl halides is 3. The lowest BCUT2D eigenvalue weighted by Gasteiger charge is -2.16. The Hall–Kier alpha value is -3.98. The number of ether oxygens (including phenoxy) is 1. The first-order valence-electron chi connectivity index (χ1n) is 11.3. The summed E-state index contributed by atoms with van der Waals surface area (Å²) in [5.41, 5.74) is 1.94. The normalized spacial score (nSPS) is 11.5. The second-order valence-corrected chi connectivity index (χ2v) is 8.95. The fourth-order valence-electron chi connectivity index (χ4n) is 3.88. The molecule has 1 aromatic heterocycles. The number of benzene rings is 3. The molecular formula is C27H22ClF3N2O4. The van der Waals surface area contributed by atoms with Crippen molar-refractivity contribution in [3.8, 4) is 11.5 Å². The van der Waals surface area contributed by atoms with Gasteiger partial charge in [-0.2, -0.15) is 13.2 Å². The lowest BCUT2D eigenvalue weighted by molar-refractivity contribution is -0.139. The molecule has 0 radical (unpaired) electrons. The van der Waals surface area contributed by atoms with Gasteiger partial charge in [0.15, 0.2) is 0 Å². The van der Waals surface area contributed by atoms with E-state index < -0.39 is 29.4 Å². The number of aliphatic carboxylic acids is 1. The SMILES string of the molecule is Cc1cc(Oc2cc(CNC(=O)c3cc4cc(Cl)ccc4[nH]3)ccc2C(F)(F)F)ccc1CCC(=O)O. The van der Waals surface area contributed by atoms with Gasteiger partial charge in [0.1, 0.15) is 17.2 Å². The molecule has 0 fully saturated rings. The molecule has 0 spiro atoms. The van der Waals surface area contributed by atoms with Crippen molar-refractivity contribution >= 4 is 34.4 Å². The van der Waals surface area contributed by atoms with Crippen LogP contribution in [0.3, 0.4) is 0 Å². The lowest BCUT2D eigenvalue weighted by Crippen LogP contribution is -2.23. The molecule has 0 aliphatic heterocycles. The first kappa shape index (κ1) is 26.1. The summed E-state index contributed by atoms with van der Waals surface area (Å²) in [4.78, 5) is 26.4. The van der Waals surface area contributed by atoms with Crippen LogP contribution >= 0.6 is 11.6 Å². The highest BCUT2D eigenvalue weighted by Crippen LogP contribution is 2.39. The standard InChI is InChI=1S/C27H22ClF3N2O4/c1-15-10-20(6-3-17(15)4-9-25(34)35)37-24-11-16(2-7-21(24)27(29,30)31)14-32-26(36)23-13-18-12-19(28)5-8-22(18)33-23/h2-3,5-8,10-13,33H,4,9,14H2,1H3,(H,32,36)(H,34,35). The van der Waals surface area contributed by atoms with Gasteiger partial charge in [-0.05, 0) is 78.6 Å². The van der Waals surface area contributed by atoms with Crippen LogP contribution in [0.5, 0.6) is 11.5 Å². The average Bonchev–Trinajstić information content (AvgIpc) is 3.24. The molecule has 37 heavy (non-hydrogen) atoms. The van der Waals surface area contributed by atoms with E-state index in [2.05, 4.69) is 10.3 Å². The predicted octanol–water partition coefficient (Wildman–Crippen LogP) is 6.89.